The molecule has 0 unspecified atom stereocenters. The molecular formula is C20H24N6O2. The van der Waals surface area contributed by atoms with Crippen molar-refractivity contribution in [2.45, 2.75) is 58.0 Å². The smallest absolute Gasteiger partial charge is 0.289 e. The molecule has 146 valence electrons. The van der Waals surface area contributed by atoms with Crippen molar-refractivity contribution in [3.63, 3.8) is 0 Å². The molecule has 3 heterocycles. The Balaban J connectivity index is 1.34. The van der Waals surface area contributed by atoms with E-state index in [1.54, 1.807) is 25.5 Å². The van der Waals surface area contributed by atoms with E-state index in [-0.39, 0.29) is 11.9 Å². The second-order valence-corrected chi connectivity index (χ2v) is 7.15. The molecule has 1 aliphatic carbocycles. The summed E-state index contributed by atoms with van der Waals surface area (Å²) in [5, 5.41) is 7.61. The molecule has 0 spiro atoms. The van der Waals surface area contributed by atoms with E-state index < -0.39 is 0 Å². The number of nitrogens with zero attached hydrogens (tertiary/aromatic N) is 5. The normalized spacial score (nSPS) is 19.5. The highest BCUT2D eigenvalue weighted by Gasteiger charge is 2.26. The maximum Gasteiger partial charge on any atom is 0.289 e. The van der Waals surface area contributed by atoms with E-state index in [9.17, 15) is 4.79 Å². The molecule has 28 heavy (non-hydrogen) atoms. The van der Waals surface area contributed by atoms with Crippen LogP contribution in [0, 0.1) is 6.92 Å². The maximum absolute atomic E-state index is 12.5. The fourth-order valence-corrected chi connectivity index (χ4v) is 3.67. The van der Waals surface area contributed by atoms with Crippen LogP contribution in [0.5, 0.6) is 0 Å². The number of amides is 1. The van der Waals surface area contributed by atoms with Crippen molar-refractivity contribution in [3.8, 4) is 11.3 Å². The summed E-state index contributed by atoms with van der Waals surface area (Å²) in [6.45, 7) is 3.76. The molecule has 8 nitrogen and oxygen atoms in total. The third-order valence-corrected chi connectivity index (χ3v) is 5.22. The molecule has 1 saturated carbocycles. The third kappa shape index (κ3) is 3.81. The van der Waals surface area contributed by atoms with Gasteiger partial charge in [0.1, 0.15) is 0 Å². The zero-order chi connectivity index (χ0) is 19.5. The Morgan fingerprint density at radius 2 is 2.07 bits per heavy atom. The van der Waals surface area contributed by atoms with Crippen molar-refractivity contribution in [1.82, 2.24) is 30.0 Å². The molecule has 3 aromatic rings. The first-order valence-corrected chi connectivity index (χ1v) is 9.71. The van der Waals surface area contributed by atoms with Gasteiger partial charge in [0.2, 0.25) is 5.76 Å². The summed E-state index contributed by atoms with van der Waals surface area (Å²) >= 11 is 0. The van der Waals surface area contributed by atoms with Gasteiger partial charge in [-0.2, -0.15) is 5.10 Å². The average molecular weight is 380 g/mol. The highest BCUT2D eigenvalue weighted by molar-refractivity contribution is 5.92. The Kier molecular flexibility index (Phi) is 5.18. The highest BCUT2D eigenvalue weighted by atomic mass is 16.4. The Hall–Kier alpha value is -3.03. The molecule has 1 aliphatic rings. The first kappa shape index (κ1) is 18.3. The molecule has 0 radical (unpaired) electrons. The highest BCUT2D eigenvalue weighted by Crippen LogP contribution is 2.29. The lowest BCUT2D eigenvalue weighted by Gasteiger charge is -2.29. The minimum absolute atomic E-state index is 0.147. The van der Waals surface area contributed by atoms with E-state index in [2.05, 4.69) is 25.4 Å². The molecule has 0 atom stereocenters. The molecule has 8 heteroatoms. The van der Waals surface area contributed by atoms with Gasteiger partial charge in [-0.15, -0.1) is 0 Å². The molecule has 1 amide bonds. The average Bonchev–Trinajstić information content (AvgIpc) is 3.36. The van der Waals surface area contributed by atoms with Gasteiger partial charge in [0.25, 0.3) is 5.91 Å². The Morgan fingerprint density at radius 3 is 2.75 bits per heavy atom. The van der Waals surface area contributed by atoms with Crippen LogP contribution in [-0.4, -0.2) is 36.7 Å². The minimum Gasteiger partial charge on any atom is -0.435 e. The van der Waals surface area contributed by atoms with Crippen LogP contribution in [0.4, 0.5) is 0 Å². The predicted molar refractivity (Wildman–Crippen MR) is 103 cm³/mol. The molecule has 3 aromatic heterocycles. The van der Waals surface area contributed by atoms with E-state index in [1.807, 2.05) is 24.0 Å². The molecule has 0 saturated heterocycles. The van der Waals surface area contributed by atoms with Crippen molar-refractivity contribution < 1.29 is 9.21 Å². The van der Waals surface area contributed by atoms with Crippen molar-refractivity contribution in [2.24, 2.45) is 0 Å². The zero-order valence-electron chi connectivity index (χ0n) is 16.1. The minimum atomic E-state index is -0.169. The summed E-state index contributed by atoms with van der Waals surface area (Å²) in [6.07, 6.45) is 13.4. The maximum atomic E-state index is 12.5. The van der Waals surface area contributed by atoms with Crippen LogP contribution >= 0.6 is 0 Å². The number of aryl methyl sites for hydroxylation is 2. The Morgan fingerprint density at radius 1 is 1.25 bits per heavy atom. The number of nitrogens with one attached hydrogen (secondary N) is 1. The lowest BCUT2D eigenvalue weighted by Crippen LogP contribution is -2.38. The predicted octanol–water partition coefficient (Wildman–Crippen LogP) is 3.11. The summed E-state index contributed by atoms with van der Waals surface area (Å²) < 4.78 is 7.56. The molecule has 0 bridgehead atoms. The largest absolute Gasteiger partial charge is 0.435 e. The number of rotatable bonds is 5. The zero-order valence-corrected chi connectivity index (χ0v) is 16.1. The van der Waals surface area contributed by atoms with Gasteiger partial charge >= 0.3 is 0 Å². The van der Waals surface area contributed by atoms with Crippen molar-refractivity contribution in [3.05, 3.63) is 48.3 Å². The molecule has 4 rings (SSSR count). The summed E-state index contributed by atoms with van der Waals surface area (Å²) in [7, 11) is 0. The summed E-state index contributed by atoms with van der Waals surface area (Å²) in [4.78, 5) is 25.2. The number of hydrogen-bond acceptors (Lipinski definition) is 6. The number of carbonyl (C=O) groups excluding carboxylic acids is 1. The van der Waals surface area contributed by atoms with Gasteiger partial charge in [0.05, 0.1) is 29.8 Å². The van der Waals surface area contributed by atoms with Gasteiger partial charge in [0, 0.05) is 36.6 Å². The van der Waals surface area contributed by atoms with E-state index >= 15 is 0 Å². The first-order chi connectivity index (χ1) is 13.6. The molecule has 0 aliphatic heterocycles. The number of aromatic nitrogens is 5. The van der Waals surface area contributed by atoms with Crippen LogP contribution in [-0.2, 0) is 6.42 Å². The van der Waals surface area contributed by atoms with Gasteiger partial charge in [-0.1, -0.05) is 6.92 Å². The lowest BCUT2D eigenvalue weighted by atomic mass is 9.91. The summed E-state index contributed by atoms with van der Waals surface area (Å²) in [5.74, 6) is 0.765. The number of carbonyl (C=O) groups is 1. The molecular weight excluding hydrogens is 356 g/mol. The van der Waals surface area contributed by atoms with Crippen LogP contribution in [0.25, 0.3) is 11.3 Å². The van der Waals surface area contributed by atoms with Gasteiger partial charge < -0.3 is 9.73 Å². The van der Waals surface area contributed by atoms with Crippen LogP contribution in [0.15, 0.2) is 35.4 Å². The van der Waals surface area contributed by atoms with Crippen LogP contribution in [0.3, 0.4) is 0 Å². The summed E-state index contributed by atoms with van der Waals surface area (Å²) in [6, 6.07) is 0.477. The number of oxazole rings is 1. The number of hydrogen-bond donors (Lipinski definition) is 1. The van der Waals surface area contributed by atoms with E-state index in [4.69, 9.17) is 4.42 Å². The van der Waals surface area contributed by atoms with Crippen LogP contribution in [0.2, 0.25) is 0 Å². The fraction of sp³-hybridized carbons (Fsp3) is 0.450. The Bertz CT molecular complexity index is 941. The molecule has 0 aromatic carbocycles. The molecule has 1 N–H and O–H groups in total. The van der Waals surface area contributed by atoms with Crippen molar-refractivity contribution in [1.29, 1.82) is 0 Å². The second-order valence-electron chi connectivity index (χ2n) is 7.15. The van der Waals surface area contributed by atoms with E-state index in [1.165, 1.54) is 0 Å². The quantitative estimate of drug-likeness (QED) is 0.730. The standard InChI is InChI=1S/C20H24N6O2/c1-3-18-24-13(2)19(28-18)20(27)25-15-4-6-16(7-5-15)26-12-14(10-23-26)17-11-21-8-9-22-17/h8-12,15-16H,3-7H2,1-2H3,(H,25,27). The van der Waals surface area contributed by atoms with Gasteiger partial charge in [-0.25, -0.2) is 4.98 Å². The monoisotopic (exact) mass is 380 g/mol. The third-order valence-electron chi connectivity index (χ3n) is 5.22. The summed E-state index contributed by atoms with van der Waals surface area (Å²) in [5.41, 5.74) is 2.44. The second kappa shape index (κ2) is 7.92. The Labute approximate surface area is 163 Å². The SMILES string of the molecule is CCc1nc(C)c(C(=O)NC2CCC(n3cc(-c4cnccn4)cn3)CC2)o1. The fourth-order valence-electron chi connectivity index (χ4n) is 3.67. The van der Waals surface area contributed by atoms with E-state index in [0.29, 0.717) is 29.8 Å². The van der Waals surface area contributed by atoms with Gasteiger partial charge in [0.15, 0.2) is 5.89 Å². The van der Waals surface area contributed by atoms with Crippen LogP contribution < -0.4 is 5.32 Å². The van der Waals surface area contributed by atoms with E-state index in [0.717, 1.165) is 36.9 Å². The lowest BCUT2D eigenvalue weighted by molar-refractivity contribution is 0.0891. The first-order valence-electron chi connectivity index (χ1n) is 9.71. The van der Waals surface area contributed by atoms with Crippen molar-refractivity contribution in [2.75, 3.05) is 0 Å². The van der Waals surface area contributed by atoms with Gasteiger partial charge in [-0.3, -0.25) is 19.4 Å². The van der Waals surface area contributed by atoms with Crippen molar-refractivity contribution >= 4 is 5.91 Å². The van der Waals surface area contributed by atoms with Gasteiger partial charge in [-0.05, 0) is 32.6 Å². The topological polar surface area (TPSA) is 98.7 Å². The molecule has 1 fully saturated rings. The van der Waals surface area contributed by atoms with Crippen LogP contribution in [0.1, 0.15) is 60.8 Å².